The maximum absolute atomic E-state index is 11.9. The number of benzene rings is 1. The van der Waals surface area contributed by atoms with Crippen molar-refractivity contribution < 1.29 is 18.7 Å². The third-order valence-corrected chi connectivity index (χ3v) is 1.88. The molecule has 0 bridgehead atoms. The van der Waals surface area contributed by atoms with Crippen LogP contribution in [0.2, 0.25) is 0 Å². The number of alkyl halides is 2. The Morgan fingerprint density at radius 3 is 2.53 bits per heavy atom. The molecule has 0 radical (unpaired) electrons. The van der Waals surface area contributed by atoms with Crippen molar-refractivity contribution in [3.8, 4) is 11.8 Å². The zero-order valence-electron chi connectivity index (χ0n) is 8.91. The molecule has 1 rings (SSSR count). The van der Waals surface area contributed by atoms with Gasteiger partial charge in [0.15, 0.2) is 0 Å². The van der Waals surface area contributed by atoms with Crippen LogP contribution < -0.4 is 5.32 Å². The van der Waals surface area contributed by atoms with Gasteiger partial charge in [-0.1, -0.05) is 11.8 Å². The summed E-state index contributed by atoms with van der Waals surface area (Å²) < 4.78 is 23.7. The van der Waals surface area contributed by atoms with E-state index in [1.165, 1.54) is 12.1 Å². The smallest absolute Gasteiger partial charge is 0.255 e. The molecule has 0 aliphatic carbocycles. The Hall–Kier alpha value is -1.93. The standard InChI is InChI=1S/C12H11F2NO2/c13-11(14)8-15-12(17)10-5-3-9(4-6-10)2-1-7-16/h3-6,11,16H,7-8H2,(H,15,17). The quantitative estimate of drug-likeness (QED) is 0.774. The Kier molecular flexibility index (Phi) is 5.11. The van der Waals surface area contributed by atoms with Gasteiger partial charge in [0.05, 0.1) is 6.54 Å². The highest BCUT2D eigenvalue weighted by molar-refractivity contribution is 5.94. The van der Waals surface area contributed by atoms with E-state index in [2.05, 4.69) is 17.2 Å². The van der Waals surface area contributed by atoms with Crippen LogP contribution in [0.4, 0.5) is 8.78 Å². The van der Waals surface area contributed by atoms with Gasteiger partial charge in [0, 0.05) is 11.1 Å². The number of rotatable bonds is 3. The van der Waals surface area contributed by atoms with E-state index in [0.29, 0.717) is 11.1 Å². The molecule has 0 fully saturated rings. The number of hydrogen-bond donors (Lipinski definition) is 2. The minimum absolute atomic E-state index is 0.239. The Bertz CT molecular complexity index is 432. The lowest BCUT2D eigenvalue weighted by Crippen LogP contribution is -2.28. The summed E-state index contributed by atoms with van der Waals surface area (Å²) in [5, 5.41) is 10.6. The minimum Gasteiger partial charge on any atom is -0.384 e. The normalized spacial score (nSPS) is 9.65. The number of nitrogens with one attached hydrogen (secondary N) is 1. The minimum atomic E-state index is -2.56. The molecule has 5 heteroatoms. The Labute approximate surface area is 97.5 Å². The lowest BCUT2D eigenvalue weighted by molar-refractivity contribution is 0.0891. The molecule has 90 valence electrons. The molecule has 0 aliphatic rings. The van der Waals surface area contributed by atoms with Crippen LogP contribution in [0.15, 0.2) is 24.3 Å². The van der Waals surface area contributed by atoms with Crippen molar-refractivity contribution in [3.05, 3.63) is 35.4 Å². The highest BCUT2D eigenvalue weighted by Crippen LogP contribution is 2.03. The molecule has 17 heavy (non-hydrogen) atoms. The van der Waals surface area contributed by atoms with E-state index in [1.807, 2.05) is 0 Å². The van der Waals surface area contributed by atoms with Gasteiger partial charge in [-0.15, -0.1) is 0 Å². The number of aliphatic hydroxyl groups is 1. The van der Waals surface area contributed by atoms with Crippen LogP contribution in [0.5, 0.6) is 0 Å². The van der Waals surface area contributed by atoms with E-state index in [4.69, 9.17) is 5.11 Å². The summed E-state index contributed by atoms with van der Waals surface area (Å²) >= 11 is 0. The van der Waals surface area contributed by atoms with E-state index < -0.39 is 18.9 Å². The molecule has 0 saturated heterocycles. The first-order chi connectivity index (χ1) is 8.13. The summed E-state index contributed by atoms with van der Waals surface area (Å²) in [5.74, 6) is 4.57. The zero-order chi connectivity index (χ0) is 12.7. The molecule has 0 aromatic heterocycles. The van der Waals surface area contributed by atoms with Gasteiger partial charge in [-0.3, -0.25) is 4.79 Å². The number of hydrogen-bond acceptors (Lipinski definition) is 2. The average Bonchev–Trinajstić information content (AvgIpc) is 2.34. The number of halogens is 2. The van der Waals surface area contributed by atoms with Crippen molar-refractivity contribution in [1.82, 2.24) is 5.32 Å². The molecule has 0 unspecified atom stereocenters. The SMILES string of the molecule is O=C(NCC(F)F)c1ccc(C#CCO)cc1. The third-order valence-electron chi connectivity index (χ3n) is 1.88. The number of carbonyl (C=O) groups excluding carboxylic acids is 1. The van der Waals surface area contributed by atoms with Gasteiger partial charge in [0.25, 0.3) is 12.3 Å². The number of carbonyl (C=O) groups is 1. The monoisotopic (exact) mass is 239 g/mol. The van der Waals surface area contributed by atoms with Crippen molar-refractivity contribution in [2.75, 3.05) is 13.2 Å². The molecule has 0 aliphatic heterocycles. The lowest BCUT2D eigenvalue weighted by Gasteiger charge is -2.04. The van der Waals surface area contributed by atoms with Gasteiger partial charge in [0.2, 0.25) is 0 Å². The predicted octanol–water partition coefficient (Wildman–Crippen LogP) is 1.03. The van der Waals surface area contributed by atoms with Crippen molar-refractivity contribution in [2.24, 2.45) is 0 Å². The van der Waals surface area contributed by atoms with Crippen LogP contribution in [0.3, 0.4) is 0 Å². The van der Waals surface area contributed by atoms with Crippen LogP contribution in [0.1, 0.15) is 15.9 Å². The summed E-state index contributed by atoms with van der Waals surface area (Å²) in [5.41, 5.74) is 0.935. The fourth-order valence-electron chi connectivity index (χ4n) is 1.12. The molecule has 1 amide bonds. The lowest BCUT2D eigenvalue weighted by atomic mass is 10.1. The Balaban J connectivity index is 2.64. The summed E-state index contributed by atoms with van der Waals surface area (Å²) in [4.78, 5) is 11.4. The molecule has 0 atom stereocenters. The van der Waals surface area contributed by atoms with Crippen molar-refractivity contribution in [1.29, 1.82) is 0 Å². The highest BCUT2D eigenvalue weighted by Gasteiger charge is 2.08. The zero-order valence-corrected chi connectivity index (χ0v) is 8.91. The van der Waals surface area contributed by atoms with E-state index in [9.17, 15) is 13.6 Å². The first kappa shape index (κ1) is 13.1. The fraction of sp³-hybridized carbons (Fsp3) is 0.250. The van der Waals surface area contributed by atoms with Crippen LogP contribution in [-0.4, -0.2) is 30.6 Å². The number of amides is 1. The maximum Gasteiger partial charge on any atom is 0.255 e. The summed E-state index contributed by atoms with van der Waals surface area (Å²) in [6.07, 6.45) is -2.56. The van der Waals surface area contributed by atoms with E-state index >= 15 is 0 Å². The van der Waals surface area contributed by atoms with Crippen LogP contribution in [0, 0.1) is 11.8 Å². The third kappa shape index (κ3) is 4.62. The van der Waals surface area contributed by atoms with Gasteiger partial charge >= 0.3 is 0 Å². The molecule has 0 spiro atoms. The average molecular weight is 239 g/mol. The van der Waals surface area contributed by atoms with Crippen molar-refractivity contribution >= 4 is 5.91 Å². The summed E-state index contributed by atoms with van der Waals surface area (Å²) in [7, 11) is 0. The number of aliphatic hydroxyl groups excluding tert-OH is 1. The second-order valence-electron chi connectivity index (χ2n) is 3.14. The molecule has 2 N–H and O–H groups in total. The van der Waals surface area contributed by atoms with Gasteiger partial charge in [-0.25, -0.2) is 8.78 Å². The van der Waals surface area contributed by atoms with Gasteiger partial charge < -0.3 is 10.4 Å². The van der Waals surface area contributed by atoms with Crippen molar-refractivity contribution in [2.45, 2.75) is 6.43 Å². The Morgan fingerprint density at radius 2 is 2.00 bits per heavy atom. The Morgan fingerprint density at radius 1 is 1.35 bits per heavy atom. The molecule has 0 saturated carbocycles. The van der Waals surface area contributed by atoms with E-state index in [0.717, 1.165) is 0 Å². The second kappa shape index (κ2) is 6.61. The van der Waals surface area contributed by atoms with Gasteiger partial charge in [0.1, 0.15) is 6.61 Å². The molecule has 1 aromatic carbocycles. The fourth-order valence-corrected chi connectivity index (χ4v) is 1.12. The van der Waals surface area contributed by atoms with E-state index in [-0.39, 0.29) is 6.61 Å². The van der Waals surface area contributed by atoms with Crippen LogP contribution in [0.25, 0.3) is 0 Å². The maximum atomic E-state index is 11.9. The summed E-state index contributed by atoms with van der Waals surface area (Å²) in [6.45, 7) is -0.901. The molecular formula is C12H11F2NO2. The van der Waals surface area contributed by atoms with Gasteiger partial charge in [-0.05, 0) is 24.3 Å². The first-order valence-corrected chi connectivity index (χ1v) is 4.89. The highest BCUT2D eigenvalue weighted by atomic mass is 19.3. The second-order valence-corrected chi connectivity index (χ2v) is 3.14. The molecule has 0 heterocycles. The van der Waals surface area contributed by atoms with Crippen LogP contribution in [-0.2, 0) is 0 Å². The molecule has 3 nitrogen and oxygen atoms in total. The molecular weight excluding hydrogens is 228 g/mol. The van der Waals surface area contributed by atoms with Gasteiger partial charge in [-0.2, -0.15) is 0 Å². The largest absolute Gasteiger partial charge is 0.384 e. The predicted molar refractivity (Wildman–Crippen MR) is 58.7 cm³/mol. The first-order valence-electron chi connectivity index (χ1n) is 4.89. The van der Waals surface area contributed by atoms with E-state index in [1.54, 1.807) is 12.1 Å². The topological polar surface area (TPSA) is 49.3 Å². The molecule has 1 aromatic rings. The van der Waals surface area contributed by atoms with Crippen molar-refractivity contribution in [3.63, 3.8) is 0 Å². The summed E-state index contributed by atoms with van der Waals surface area (Å²) in [6, 6.07) is 6.14. The van der Waals surface area contributed by atoms with Crippen LogP contribution >= 0.6 is 0 Å².